The minimum Gasteiger partial charge on any atom is -0.397 e. The molecule has 1 amide bonds. The molecule has 5 N–H and O–H groups in total. The van der Waals surface area contributed by atoms with E-state index >= 15 is 0 Å². The van der Waals surface area contributed by atoms with Gasteiger partial charge in [-0.05, 0) is 44.7 Å². The molecule has 0 bridgehead atoms. The number of carbonyl (C=O) groups is 1. The number of pyridine rings is 1. The normalized spacial score (nSPS) is 21.9. The van der Waals surface area contributed by atoms with Gasteiger partial charge < -0.3 is 26.4 Å². The molecule has 3 atom stereocenters. The molecule has 1 aliphatic heterocycles. The van der Waals surface area contributed by atoms with Gasteiger partial charge in [0.1, 0.15) is 28.0 Å². The number of nitrogen functional groups attached to an aromatic ring is 1. The van der Waals surface area contributed by atoms with E-state index in [0.717, 1.165) is 22.3 Å². The predicted octanol–water partition coefficient (Wildman–Crippen LogP) is 2.62. The number of methoxy groups -OCH3 is 1. The number of aryl methyl sites for hydroxylation is 3. The first kappa shape index (κ1) is 25.7. The Bertz CT molecular complexity index is 1350. The van der Waals surface area contributed by atoms with Crippen LogP contribution in [0.2, 0.25) is 0 Å². The summed E-state index contributed by atoms with van der Waals surface area (Å²) in [4.78, 5) is 29.6. The van der Waals surface area contributed by atoms with Gasteiger partial charge in [-0.2, -0.15) is 0 Å². The van der Waals surface area contributed by atoms with Gasteiger partial charge in [-0.3, -0.25) is 4.79 Å². The molecule has 1 aliphatic carbocycles. The molecule has 9 nitrogen and oxygen atoms in total. The first-order valence-electron chi connectivity index (χ1n) is 12.3. The van der Waals surface area contributed by atoms with E-state index in [1.165, 1.54) is 18.4 Å². The largest absolute Gasteiger partial charge is 0.397 e. The molecule has 3 unspecified atom stereocenters. The molecule has 5 rings (SSSR count). The van der Waals surface area contributed by atoms with Gasteiger partial charge in [0.05, 0.1) is 22.7 Å². The number of aromatic nitrogens is 3. The van der Waals surface area contributed by atoms with Gasteiger partial charge >= 0.3 is 0 Å². The standard InChI is InChI=1S/C25H31F2N7O2S/c1-12-20-21(29)22(37-24(20)31-13(2)30-12)23(35)32-15-5-6-18-14(8-15)4-7-19(33-18)34-9-16(17(28)10-34)25(26,27)11-36-3/h4,7,15-17H,5-6,8-11,28-29H2,1-3H3,(H,32,35). The van der Waals surface area contributed by atoms with E-state index in [1.54, 1.807) is 0 Å². The first-order valence-corrected chi connectivity index (χ1v) is 13.1. The first-order chi connectivity index (χ1) is 17.6. The van der Waals surface area contributed by atoms with Crippen LogP contribution in [0.3, 0.4) is 0 Å². The second kappa shape index (κ2) is 9.73. The number of rotatable bonds is 6. The number of halogens is 2. The van der Waals surface area contributed by atoms with Crippen LogP contribution in [-0.4, -0.2) is 65.7 Å². The summed E-state index contributed by atoms with van der Waals surface area (Å²) in [5.41, 5.74) is 15.5. The lowest BCUT2D eigenvalue weighted by molar-refractivity contribution is -0.105. The van der Waals surface area contributed by atoms with E-state index in [4.69, 9.17) is 21.2 Å². The van der Waals surface area contributed by atoms with Crippen LogP contribution in [0, 0.1) is 19.8 Å². The zero-order valence-corrected chi connectivity index (χ0v) is 21.9. The summed E-state index contributed by atoms with van der Waals surface area (Å²) in [6.07, 6.45) is 2.01. The Hall–Kier alpha value is -2.96. The fourth-order valence-corrected chi connectivity index (χ4v) is 6.51. The van der Waals surface area contributed by atoms with Crippen LogP contribution < -0.4 is 21.7 Å². The summed E-state index contributed by atoms with van der Waals surface area (Å²) in [5, 5.41) is 3.85. The van der Waals surface area contributed by atoms with Crippen LogP contribution in [0.1, 0.15) is 38.9 Å². The van der Waals surface area contributed by atoms with Gasteiger partial charge in [0.25, 0.3) is 11.8 Å². The molecule has 198 valence electrons. The maximum atomic E-state index is 14.4. The van der Waals surface area contributed by atoms with E-state index in [-0.39, 0.29) is 18.5 Å². The van der Waals surface area contributed by atoms with Crippen molar-refractivity contribution in [3.05, 3.63) is 39.8 Å². The molecule has 12 heteroatoms. The minimum absolute atomic E-state index is 0.0662. The number of nitrogens with zero attached hydrogens (tertiary/aromatic N) is 4. The number of alkyl halides is 2. The van der Waals surface area contributed by atoms with Crippen LogP contribution in [0.4, 0.5) is 20.3 Å². The van der Waals surface area contributed by atoms with Gasteiger partial charge in [-0.1, -0.05) is 6.07 Å². The highest BCUT2D eigenvalue weighted by Crippen LogP contribution is 2.36. The molecule has 0 aromatic carbocycles. The number of carbonyl (C=O) groups excluding carboxylic acids is 1. The molecule has 0 spiro atoms. The molecule has 0 saturated carbocycles. The van der Waals surface area contributed by atoms with Gasteiger partial charge in [0.15, 0.2) is 0 Å². The Morgan fingerprint density at radius 3 is 2.81 bits per heavy atom. The molecule has 1 fully saturated rings. The van der Waals surface area contributed by atoms with E-state index in [9.17, 15) is 13.6 Å². The Morgan fingerprint density at radius 1 is 1.27 bits per heavy atom. The number of nitrogens with two attached hydrogens (primary N) is 2. The van der Waals surface area contributed by atoms with Crippen LogP contribution in [0.5, 0.6) is 0 Å². The third-order valence-electron chi connectivity index (χ3n) is 7.24. The Balaban J connectivity index is 1.27. The van der Waals surface area contributed by atoms with E-state index in [2.05, 4.69) is 15.3 Å². The molecule has 37 heavy (non-hydrogen) atoms. The lowest BCUT2D eigenvalue weighted by Gasteiger charge is -2.27. The van der Waals surface area contributed by atoms with Gasteiger partial charge in [0, 0.05) is 38.0 Å². The Kier molecular flexibility index (Phi) is 6.75. The van der Waals surface area contributed by atoms with Crippen molar-refractivity contribution in [3.63, 3.8) is 0 Å². The zero-order chi connectivity index (χ0) is 26.5. The highest BCUT2D eigenvalue weighted by molar-refractivity contribution is 7.21. The maximum absolute atomic E-state index is 14.4. The number of anilines is 2. The van der Waals surface area contributed by atoms with Crippen LogP contribution in [-0.2, 0) is 17.6 Å². The summed E-state index contributed by atoms with van der Waals surface area (Å²) in [6.45, 7) is 3.47. The van der Waals surface area contributed by atoms with Crippen molar-refractivity contribution in [1.82, 2.24) is 20.3 Å². The van der Waals surface area contributed by atoms with Crippen molar-refractivity contribution in [2.75, 3.05) is 37.4 Å². The summed E-state index contributed by atoms with van der Waals surface area (Å²) in [5.74, 6) is -2.92. The van der Waals surface area contributed by atoms with Crippen molar-refractivity contribution in [3.8, 4) is 0 Å². The van der Waals surface area contributed by atoms with E-state index in [0.29, 0.717) is 52.8 Å². The fourth-order valence-electron chi connectivity index (χ4n) is 5.41. The molecule has 4 heterocycles. The van der Waals surface area contributed by atoms with E-state index < -0.39 is 24.5 Å². The quantitative estimate of drug-likeness (QED) is 0.442. The van der Waals surface area contributed by atoms with Crippen LogP contribution in [0.25, 0.3) is 10.2 Å². The molecular formula is C25H31F2N7O2S. The molecular weight excluding hydrogens is 500 g/mol. The predicted molar refractivity (Wildman–Crippen MR) is 139 cm³/mol. The number of fused-ring (bicyclic) bond motifs is 2. The third-order valence-corrected chi connectivity index (χ3v) is 8.34. The SMILES string of the molecule is COCC(F)(F)C1CN(c2ccc3c(n2)CCC(NC(=O)c2sc4nc(C)nc(C)c4c2N)C3)CC1N. The number of nitrogens with one attached hydrogen (secondary N) is 1. The maximum Gasteiger partial charge on any atom is 0.276 e. The van der Waals surface area contributed by atoms with Gasteiger partial charge in [0.2, 0.25) is 0 Å². The zero-order valence-electron chi connectivity index (χ0n) is 21.1. The van der Waals surface area contributed by atoms with Gasteiger partial charge in [-0.25, -0.2) is 23.7 Å². The molecule has 1 saturated heterocycles. The smallest absolute Gasteiger partial charge is 0.276 e. The summed E-state index contributed by atoms with van der Waals surface area (Å²) in [6, 6.07) is 3.09. The number of hydrogen-bond acceptors (Lipinski definition) is 9. The highest BCUT2D eigenvalue weighted by atomic mass is 32.1. The molecule has 3 aromatic rings. The van der Waals surface area contributed by atoms with Crippen molar-refractivity contribution >= 4 is 39.0 Å². The number of ether oxygens (including phenoxy) is 1. The van der Waals surface area contributed by atoms with Crippen LogP contribution >= 0.6 is 11.3 Å². The summed E-state index contributed by atoms with van der Waals surface area (Å²) in [7, 11) is 1.26. The number of thiophene rings is 1. The van der Waals surface area contributed by atoms with Crippen molar-refractivity contribution < 1.29 is 18.3 Å². The van der Waals surface area contributed by atoms with Crippen molar-refractivity contribution in [2.45, 2.75) is 51.1 Å². The van der Waals surface area contributed by atoms with E-state index in [1.807, 2.05) is 30.9 Å². The molecule has 3 aromatic heterocycles. The second-order valence-electron chi connectivity index (χ2n) is 9.94. The number of amides is 1. The topological polar surface area (TPSA) is 132 Å². The Morgan fingerprint density at radius 2 is 2.05 bits per heavy atom. The second-order valence-corrected chi connectivity index (χ2v) is 10.9. The molecule has 2 aliphatic rings. The Labute approximate surface area is 217 Å². The third kappa shape index (κ3) is 4.85. The summed E-state index contributed by atoms with van der Waals surface area (Å²) < 4.78 is 33.6. The number of hydrogen-bond donors (Lipinski definition) is 3. The highest BCUT2D eigenvalue weighted by Gasteiger charge is 2.48. The van der Waals surface area contributed by atoms with Crippen LogP contribution in [0.15, 0.2) is 12.1 Å². The monoisotopic (exact) mass is 531 g/mol. The minimum atomic E-state index is -3.00. The lowest BCUT2D eigenvalue weighted by Crippen LogP contribution is -2.43. The van der Waals surface area contributed by atoms with Gasteiger partial charge in [-0.15, -0.1) is 11.3 Å². The lowest BCUT2D eigenvalue weighted by atomic mass is 9.91. The van der Waals surface area contributed by atoms with Crippen molar-refractivity contribution in [1.29, 1.82) is 0 Å². The fraction of sp³-hybridized carbons (Fsp3) is 0.520. The summed E-state index contributed by atoms with van der Waals surface area (Å²) >= 11 is 1.28. The average Bonchev–Trinajstić information content (AvgIpc) is 3.39. The average molecular weight is 532 g/mol. The van der Waals surface area contributed by atoms with Crippen molar-refractivity contribution in [2.24, 2.45) is 11.7 Å². The molecule has 0 radical (unpaired) electrons.